The molecule has 0 fully saturated rings. The molecule has 0 aliphatic rings. The number of aryl methyl sites for hydroxylation is 1. The van der Waals surface area contributed by atoms with Crippen LogP contribution in [0.15, 0.2) is 43.0 Å². The second-order valence-electron chi connectivity index (χ2n) is 4.38. The van der Waals surface area contributed by atoms with Gasteiger partial charge in [-0.15, -0.1) is 24.8 Å². The Labute approximate surface area is 137 Å². The highest BCUT2D eigenvalue weighted by atomic mass is 35.5. The fourth-order valence-electron chi connectivity index (χ4n) is 1.87. The molecule has 0 saturated carbocycles. The molecule has 1 unspecified atom stereocenters. The van der Waals surface area contributed by atoms with Crippen LogP contribution in [-0.4, -0.2) is 16.1 Å². The van der Waals surface area contributed by atoms with Crippen LogP contribution in [0.5, 0.6) is 0 Å². The lowest BCUT2D eigenvalue weighted by molar-refractivity contribution is 0.526. The van der Waals surface area contributed by atoms with Gasteiger partial charge in [-0.1, -0.05) is 23.7 Å². The lowest BCUT2D eigenvalue weighted by Gasteiger charge is -2.14. The van der Waals surface area contributed by atoms with Crippen molar-refractivity contribution in [1.29, 1.82) is 0 Å². The quantitative estimate of drug-likeness (QED) is 0.804. The Balaban J connectivity index is 0.00000180. The van der Waals surface area contributed by atoms with E-state index in [4.69, 9.17) is 11.6 Å². The van der Waals surface area contributed by atoms with Gasteiger partial charge in [0, 0.05) is 30.0 Å². The predicted octanol–water partition coefficient (Wildman–Crippen LogP) is 4.12. The van der Waals surface area contributed by atoms with Crippen LogP contribution in [0.2, 0.25) is 5.02 Å². The van der Waals surface area contributed by atoms with Crippen molar-refractivity contribution in [2.45, 2.75) is 25.9 Å². The Morgan fingerprint density at radius 2 is 1.95 bits per heavy atom. The van der Waals surface area contributed by atoms with E-state index >= 15 is 0 Å². The molecule has 2 rings (SSSR count). The molecule has 0 radical (unpaired) electrons. The molecular weight excluding hydrogens is 317 g/mol. The summed E-state index contributed by atoms with van der Waals surface area (Å²) in [5.74, 6) is 0. The molecular formula is C14H20Cl3N3. The van der Waals surface area contributed by atoms with Crippen molar-refractivity contribution < 1.29 is 0 Å². The monoisotopic (exact) mass is 335 g/mol. The molecule has 1 aromatic carbocycles. The van der Waals surface area contributed by atoms with E-state index < -0.39 is 0 Å². The number of nitrogens with zero attached hydrogens (tertiary/aromatic N) is 2. The zero-order valence-corrected chi connectivity index (χ0v) is 13.7. The number of hydrogen-bond donors (Lipinski definition) is 1. The van der Waals surface area contributed by atoms with E-state index in [-0.39, 0.29) is 24.8 Å². The molecule has 0 spiro atoms. The summed E-state index contributed by atoms with van der Waals surface area (Å²) in [6, 6.07) is 8.34. The van der Waals surface area contributed by atoms with Crippen molar-refractivity contribution in [3.63, 3.8) is 0 Å². The van der Waals surface area contributed by atoms with E-state index in [2.05, 4.69) is 33.9 Å². The van der Waals surface area contributed by atoms with E-state index in [1.165, 1.54) is 5.56 Å². The first-order chi connectivity index (χ1) is 8.75. The van der Waals surface area contributed by atoms with Gasteiger partial charge in [-0.25, -0.2) is 4.98 Å². The van der Waals surface area contributed by atoms with Gasteiger partial charge in [-0.05, 0) is 37.6 Å². The van der Waals surface area contributed by atoms with Crippen LogP contribution in [0.3, 0.4) is 0 Å². The van der Waals surface area contributed by atoms with Gasteiger partial charge < -0.3 is 9.88 Å². The van der Waals surface area contributed by atoms with Crippen molar-refractivity contribution in [2.24, 2.45) is 0 Å². The number of benzene rings is 1. The summed E-state index contributed by atoms with van der Waals surface area (Å²) in [6.07, 6.45) is 6.74. The van der Waals surface area contributed by atoms with Gasteiger partial charge >= 0.3 is 0 Å². The van der Waals surface area contributed by atoms with Crippen molar-refractivity contribution in [2.75, 3.05) is 6.54 Å². The predicted molar refractivity (Wildman–Crippen MR) is 89.2 cm³/mol. The highest BCUT2D eigenvalue weighted by molar-refractivity contribution is 6.30. The van der Waals surface area contributed by atoms with Crippen molar-refractivity contribution >= 4 is 36.4 Å². The number of nitrogens with one attached hydrogen (secondary N) is 1. The molecule has 0 bridgehead atoms. The summed E-state index contributed by atoms with van der Waals surface area (Å²) < 4.78 is 2.09. The Hall–Kier alpha value is -0.740. The van der Waals surface area contributed by atoms with Gasteiger partial charge in [0.15, 0.2) is 0 Å². The van der Waals surface area contributed by atoms with Crippen molar-refractivity contribution in [3.05, 3.63) is 53.6 Å². The maximum atomic E-state index is 5.87. The molecule has 0 amide bonds. The van der Waals surface area contributed by atoms with Gasteiger partial charge in [-0.3, -0.25) is 0 Å². The summed E-state index contributed by atoms with van der Waals surface area (Å²) in [6.45, 7) is 4.16. The summed E-state index contributed by atoms with van der Waals surface area (Å²) >= 11 is 5.87. The maximum absolute atomic E-state index is 5.87. The second-order valence-corrected chi connectivity index (χ2v) is 4.82. The number of halogens is 3. The molecule has 1 aromatic heterocycles. The molecule has 1 N–H and O–H groups in total. The van der Waals surface area contributed by atoms with Crippen LogP contribution in [0.25, 0.3) is 0 Å². The molecule has 2 aromatic rings. The maximum Gasteiger partial charge on any atom is 0.0945 e. The smallest absolute Gasteiger partial charge is 0.0945 e. The number of hydrogen-bond acceptors (Lipinski definition) is 2. The van der Waals surface area contributed by atoms with Crippen LogP contribution in [-0.2, 0) is 6.54 Å². The zero-order valence-electron chi connectivity index (χ0n) is 11.3. The molecule has 1 heterocycles. The van der Waals surface area contributed by atoms with E-state index in [9.17, 15) is 0 Å². The van der Waals surface area contributed by atoms with Gasteiger partial charge in [-0.2, -0.15) is 0 Å². The Morgan fingerprint density at radius 3 is 2.55 bits per heavy atom. The topological polar surface area (TPSA) is 29.9 Å². The van der Waals surface area contributed by atoms with Gasteiger partial charge in [0.05, 0.1) is 6.33 Å². The molecule has 0 aliphatic carbocycles. The van der Waals surface area contributed by atoms with E-state index in [1.807, 2.05) is 30.9 Å². The molecule has 6 heteroatoms. The minimum Gasteiger partial charge on any atom is -0.337 e. The average Bonchev–Trinajstić information content (AvgIpc) is 2.88. The second kappa shape index (κ2) is 10.1. The lowest BCUT2D eigenvalue weighted by Crippen LogP contribution is -2.20. The molecule has 1 atom stereocenters. The summed E-state index contributed by atoms with van der Waals surface area (Å²) in [5.41, 5.74) is 1.27. The Kier molecular flexibility index (Phi) is 9.68. The first kappa shape index (κ1) is 19.3. The van der Waals surface area contributed by atoms with Gasteiger partial charge in [0.2, 0.25) is 0 Å². The van der Waals surface area contributed by atoms with Crippen molar-refractivity contribution in [1.82, 2.24) is 14.9 Å². The van der Waals surface area contributed by atoms with Crippen LogP contribution in [0.1, 0.15) is 24.9 Å². The molecule has 112 valence electrons. The zero-order chi connectivity index (χ0) is 12.8. The summed E-state index contributed by atoms with van der Waals surface area (Å²) in [5, 5.41) is 4.29. The largest absolute Gasteiger partial charge is 0.337 e. The first-order valence-electron chi connectivity index (χ1n) is 6.20. The number of aromatic nitrogens is 2. The molecule has 20 heavy (non-hydrogen) atoms. The minimum absolute atomic E-state index is 0. The fourth-order valence-corrected chi connectivity index (χ4v) is 1.99. The van der Waals surface area contributed by atoms with Crippen LogP contribution < -0.4 is 5.32 Å². The van der Waals surface area contributed by atoms with Crippen LogP contribution in [0.4, 0.5) is 0 Å². The van der Waals surface area contributed by atoms with Crippen molar-refractivity contribution in [3.8, 4) is 0 Å². The molecule has 0 aliphatic heterocycles. The van der Waals surface area contributed by atoms with E-state index in [0.29, 0.717) is 6.04 Å². The summed E-state index contributed by atoms with van der Waals surface area (Å²) in [7, 11) is 0. The third-order valence-corrected chi connectivity index (χ3v) is 3.22. The fraction of sp³-hybridized carbons (Fsp3) is 0.357. The average molecular weight is 337 g/mol. The highest BCUT2D eigenvalue weighted by Gasteiger charge is 2.03. The Bertz CT molecular complexity index is 457. The normalized spacial score (nSPS) is 11.3. The SMILES string of the molecule is CC(NCCCn1ccnc1)c1ccc(Cl)cc1.Cl.Cl. The first-order valence-corrected chi connectivity index (χ1v) is 6.58. The van der Waals surface area contributed by atoms with E-state index in [0.717, 1.165) is 24.5 Å². The summed E-state index contributed by atoms with van der Waals surface area (Å²) in [4.78, 5) is 4.02. The third kappa shape index (κ3) is 6.14. The number of rotatable bonds is 6. The highest BCUT2D eigenvalue weighted by Crippen LogP contribution is 2.15. The van der Waals surface area contributed by atoms with E-state index in [1.54, 1.807) is 0 Å². The van der Waals surface area contributed by atoms with Crippen LogP contribution in [0, 0.1) is 0 Å². The third-order valence-electron chi connectivity index (χ3n) is 2.97. The molecule has 0 saturated heterocycles. The number of imidazole rings is 1. The minimum atomic E-state index is 0. The van der Waals surface area contributed by atoms with Gasteiger partial charge in [0.25, 0.3) is 0 Å². The standard InChI is InChI=1S/C14H18ClN3.2ClH/c1-12(13-3-5-14(15)6-4-13)17-7-2-9-18-10-8-16-11-18;;/h3-6,8,10-12,17H,2,7,9H2,1H3;2*1H. The molecule has 3 nitrogen and oxygen atoms in total. The lowest BCUT2D eigenvalue weighted by atomic mass is 10.1. The van der Waals surface area contributed by atoms with Crippen LogP contribution >= 0.6 is 36.4 Å². The Morgan fingerprint density at radius 1 is 1.25 bits per heavy atom. The van der Waals surface area contributed by atoms with Gasteiger partial charge in [0.1, 0.15) is 0 Å².